The van der Waals surface area contributed by atoms with E-state index in [-0.39, 0.29) is 0 Å². The normalized spacial score (nSPS) is 13.1. The first-order chi connectivity index (χ1) is 6.27. The monoisotopic (exact) mass is 257 g/mol. The first-order valence-electron chi connectivity index (χ1n) is 3.83. The van der Waals surface area contributed by atoms with Crippen LogP contribution >= 0.6 is 27.3 Å². The molecule has 0 aliphatic rings. The summed E-state index contributed by atoms with van der Waals surface area (Å²) in [5.74, 6) is 0. The molecule has 0 bridgehead atoms. The minimum atomic E-state index is -0.512. The lowest BCUT2D eigenvalue weighted by Gasteiger charge is -2.04. The number of hydrogen-bond acceptors (Lipinski definition) is 2. The molecule has 68 valence electrons. The molecule has 2 nitrogen and oxygen atoms in total. The highest BCUT2D eigenvalue weighted by atomic mass is 79.9. The van der Waals surface area contributed by atoms with E-state index in [1.807, 2.05) is 18.2 Å². The number of thiophene rings is 1. The maximum absolute atomic E-state index is 9.86. The molecule has 0 aliphatic carbocycles. The maximum atomic E-state index is 9.86. The van der Waals surface area contributed by atoms with Gasteiger partial charge >= 0.3 is 0 Å². The van der Waals surface area contributed by atoms with Gasteiger partial charge in [0.2, 0.25) is 0 Å². The molecular weight excluding hydrogens is 250 g/mol. The second-order valence-corrected chi connectivity index (χ2v) is 5.18. The average Bonchev–Trinajstić information content (AvgIpc) is 2.72. The smallest absolute Gasteiger partial charge is 0.115 e. The van der Waals surface area contributed by atoms with Crippen LogP contribution in [-0.2, 0) is 0 Å². The molecule has 0 aromatic carbocycles. The highest BCUT2D eigenvalue weighted by molar-refractivity contribution is 9.11. The van der Waals surface area contributed by atoms with Crippen LogP contribution in [0.4, 0.5) is 0 Å². The van der Waals surface area contributed by atoms with Gasteiger partial charge in [-0.25, -0.2) is 0 Å². The van der Waals surface area contributed by atoms with Gasteiger partial charge in [-0.15, -0.1) is 11.3 Å². The number of nitrogens with one attached hydrogen (secondary N) is 1. The molecule has 13 heavy (non-hydrogen) atoms. The Morgan fingerprint density at radius 2 is 2.23 bits per heavy atom. The van der Waals surface area contributed by atoms with Gasteiger partial charge < -0.3 is 10.1 Å². The van der Waals surface area contributed by atoms with E-state index in [0.29, 0.717) is 0 Å². The summed E-state index contributed by atoms with van der Waals surface area (Å²) >= 11 is 4.91. The van der Waals surface area contributed by atoms with Crippen LogP contribution in [0.2, 0.25) is 0 Å². The molecule has 0 spiro atoms. The molecule has 2 heterocycles. The maximum Gasteiger partial charge on any atom is 0.115 e. The first kappa shape index (κ1) is 8.99. The summed E-state index contributed by atoms with van der Waals surface area (Å²) in [6.07, 6.45) is 3.10. The van der Waals surface area contributed by atoms with Crippen molar-refractivity contribution in [3.8, 4) is 0 Å². The standard InChI is InChI=1S/C9H8BrNOS/c10-8-2-1-7(13-8)9(12)6-3-4-11-5-6/h1-5,9,11-12H. The van der Waals surface area contributed by atoms with Crippen LogP contribution in [0.5, 0.6) is 0 Å². The molecule has 2 N–H and O–H groups in total. The van der Waals surface area contributed by atoms with Gasteiger partial charge in [0.15, 0.2) is 0 Å². The van der Waals surface area contributed by atoms with Crippen molar-refractivity contribution in [3.05, 3.63) is 44.8 Å². The molecule has 0 amide bonds. The van der Waals surface area contributed by atoms with Gasteiger partial charge in [-0.05, 0) is 34.1 Å². The Morgan fingerprint density at radius 3 is 2.77 bits per heavy atom. The predicted octanol–water partition coefficient (Wildman–Crippen LogP) is 2.92. The molecule has 2 rings (SSSR count). The topological polar surface area (TPSA) is 36.0 Å². The molecule has 0 fully saturated rings. The largest absolute Gasteiger partial charge is 0.383 e. The van der Waals surface area contributed by atoms with E-state index in [1.54, 1.807) is 23.7 Å². The Kier molecular flexibility index (Phi) is 2.53. The molecule has 1 unspecified atom stereocenters. The van der Waals surface area contributed by atoms with Crippen LogP contribution in [0.25, 0.3) is 0 Å². The number of hydrogen-bond donors (Lipinski definition) is 2. The number of halogens is 1. The summed E-state index contributed by atoms with van der Waals surface area (Å²) in [4.78, 5) is 3.87. The number of aliphatic hydroxyl groups excluding tert-OH is 1. The van der Waals surface area contributed by atoms with Crippen molar-refractivity contribution in [1.29, 1.82) is 0 Å². The summed E-state index contributed by atoms with van der Waals surface area (Å²) < 4.78 is 1.04. The van der Waals surface area contributed by atoms with Crippen LogP contribution in [0.15, 0.2) is 34.4 Å². The second kappa shape index (κ2) is 3.65. The fraction of sp³-hybridized carbons (Fsp3) is 0.111. The number of rotatable bonds is 2. The fourth-order valence-electron chi connectivity index (χ4n) is 1.15. The highest BCUT2D eigenvalue weighted by Gasteiger charge is 2.12. The third kappa shape index (κ3) is 1.85. The van der Waals surface area contributed by atoms with Gasteiger partial charge in [0.25, 0.3) is 0 Å². The quantitative estimate of drug-likeness (QED) is 0.853. The molecule has 4 heteroatoms. The minimum Gasteiger partial charge on any atom is -0.383 e. The van der Waals surface area contributed by atoms with Crippen molar-refractivity contribution in [3.63, 3.8) is 0 Å². The molecule has 2 aromatic heterocycles. The molecule has 0 saturated heterocycles. The van der Waals surface area contributed by atoms with E-state index >= 15 is 0 Å². The third-order valence-electron chi connectivity index (χ3n) is 1.80. The average molecular weight is 258 g/mol. The van der Waals surface area contributed by atoms with E-state index in [4.69, 9.17) is 0 Å². The number of aromatic nitrogens is 1. The zero-order valence-electron chi connectivity index (χ0n) is 6.70. The Balaban J connectivity index is 2.28. The van der Waals surface area contributed by atoms with E-state index in [0.717, 1.165) is 14.2 Å². The lowest BCUT2D eigenvalue weighted by Crippen LogP contribution is -1.93. The lowest BCUT2D eigenvalue weighted by molar-refractivity contribution is 0.224. The highest BCUT2D eigenvalue weighted by Crippen LogP contribution is 2.30. The zero-order chi connectivity index (χ0) is 9.26. The van der Waals surface area contributed by atoms with E-state index < -0.39 is 6.10 Å². The summed E-state index contributed by atoms with van der Waals surface area (Å²) in [5.41, 5.74) is 0.898. The van der Waals surface area contributed by atoms with Gasteiger partial charge in [-0.2, -0.15) is 0 Å². The summed E-state index contributed by atoms with van der Waals surface area (Å²) in [7, 11) is 0. The summed E-state index contributed by atoms with van der Waals surface area (Å²) in [6, 6.07) is 5.74. The van der Waals surface area contributed by atoms with E-state index in [2.05, 4.69) is 20.9 Å². The van der Waals surface area contributed by atoms with Crippen molar-refractivity contribution in [2.75, 3.05) is 0 Å². The van der Waals surface area contributed by atoms with Crippen LogP contribution in [0, 0.1) is 0 Å². The Bertz CT molecular complexity index is 382. The predicted molar refractivity (Wildman–Crippen MR) is 56.9 cm³/mol. The van der Waals surface area contributed by atoms with Gasteiger partial charge in [0.05, 0.1) is 3.79 Å². The molecule has 0 aliphatic heterocycles. The minimum absolute atomic E-state index is 0.512. The fourth-order valence-corrected chi connectivity index (χ4v) is 2.58. The lowest BCUT2D eigenvalue weighted by atomic mass is 10.2. The van der Waals surface area contributed by atoms with Crippen molar-refractivity contribution in [2.45, 2.75) is 6.10 Å². The van der Waals surface area contributed by atoms with Crippen molar-refractivity contribution in [1.82, 2.24) is 4.98 Å². The van der Waals surface area contributed by atoms with Gasteiger partial charge in [0.1, 0.15) is 6.10 Å². The number of aliphatic hydroxyl groups is 1. The molecule has 1 atom stereocenters. The third-order valence-corrected chi connectivity index (χ3v) is 3.48. The molecule has 0 saturated carbocycles. The van der Waals surface area contributed by atoms with Crippen LogP contribution in [-0.4, -0.2) is 10.1 Å². The Morgan fingerprint density at radius 1 is 1.38 bits per heavy atom. The van der Waals surface area contributed by atoms with Crippen LogP contribution in [0.3, 0.4) is 0 Å². The molecule has 0 radical (unpaired) electrons. The van der Waals surface area contributed by atoms with Gasteiger partial charge in [0, 0.05) is 22.8 Å². The van der Waals surface area contributed by atoms with E-state index in [1.165, 1.54) is 0 Å². The van der Waals surface area contributed by atoms with E-state index in [9.17, 15) is 5.11 Å². The SMILES string of the molecule is OC(c1cc[nH]c1)c1ccc(Br)s1. The van der Waals surface area contributed by atoms with Crippen molar-refractivity contribution >= 4 is 27.3 Å². The van der Waals surface area contributed by atoms with Crippen molar-refractivity contribution in [2.24, 2.45) is 0 Å². The molecule has 2 aromatic rings. The number of H-pyrrole nitrogens is 1. The Hall–Kier alpha value is -0.580. The zero-order valence-corrected chi connectivity index (χ0v) is 9.10. The van der Waals surface area contributed by atoms with Gasteiger partial charge in [-0.1, -0.05) is 0 Å². The first-order valence-corrected chi connectivity index (χ1v) is 5.44. The van der Waals surface area contributed by atoms with Crippen LogP contribution < -0.4 is 0 Å². The van der Waals surface area contributed by atoms with Gasteiger partial charge in [-0.3, -0.25) is 0 Å². The Labute approximate surface area is 88.4 Å². The second-order valence-electron chi connectivity index (χ2n) is 2.69. The number of aromatic amines is 1. The molecular formula is C9H8BrNOS. The van der Waals surface area contributed by atoms with Crippen LogP contribution in [0.1, 0.15) is 16.5 Å². The van der Waals surface area contributed by atoms with Crippen molar-refractivity contribution < 1.29 is 5.11 Å². The summed E-state index contributed by atoms with van der Waals surface area (Å²) in [5, 5.41) is 9.86. The summed E-state index contributed by atoms with van der Waals surface area (Å²) in [6.45, 7) is 0.